The Morgan fingerprint density at radius 1 is 1.14 bits per heavy atom. The molecule has 0 aromatic heterocycles. The van der Waals surface area contributed by atoms with E-state index in [4.69, 9.17) is 9.47 Å². The van der Waals surface area contributed by atoms with Crippen molar-refractivity contribution >= 4 is 17.6 Å². The van der Waals surface area contributed by atoms with Crippen LogP contribution in [0, 0.1) is 11.6 Å². The molecule has 1 aliphatic carbocycles. The standard InChI is InChI=1S/C18H19F4NO5/c1-3-26-16(24)11(17(25)27-4-2)9-23(10-5-6-10)13-8-7-12(19)14(20)15(13)28-18(21)22/h7-10,18H,3-6H2,1-2H3. The van der Waals surface area contributed by atoms with Gasteiger partial charge in [0.1, 0.15) is 0 Å². The first-order chi connectivity index (χ1) is 13.3. The molecule has 1 aromatic carbocycles. The highest BCUT2D eigenvalue weighted by molar-refractivity contribution is 6.14. The highest BCUT2D eigenvalue weighted by Gasteiger charge is 2.34. The molecule has 0 heterocycles. The Balaban J connectivity index is 2.55. The number of carbonyl (C=O) groups is 2. The minimum Gasteiger partial charge on any atom is -0.462 e. The van der Waals surface area contributed by atoms with Gasteiger partial charge in [0.25, 0.3) is 0 Å². The maximum absolute atomic E-state index is 14.1. The lowest BCUT2D eigenvalue weighted by Crippen LogP contribution is -2.26. The van der Waals surface area contributed by atoms with Gasteiger partial charge in [-0.2, -0.15) is 13.2 Å². The average molecular weight is 405 g/mol. The molecule has 0 radical (unpaired) electrons. The van der Waals surface area contributed by atoms with Gasteiger partial charge in [-0.25, -0.2) is 14.0 Å². The monoisotopic (exact) mass is 405 g/mol. The van der Waals surface area contributed by atoms with E-state index in [-0.39, 0.29) is 24.9 Å². The second-order valence-electron chi connectivity index (χ2n) is 5.71. The molecule has 10 heteroatoms. The number of nitrogens with zero attached hydrogens (tertiary/aromatic N) is 1. The van der Waals surface area contributed by atoms with E-state index in [1.807, 2.05) is 0 Å². The van der Waals surface area contributed by atoms with Crippen LogP contribution >= 0.6 is 0 Å². The van der Waals surface area contributed by atoms with Crippen molar-refractivity contribution in [1.82, 2.24) is 0 Å². The lowest BCUT2D eigenvalue weighted by atomic mass is 10.2. The van der Waals surface area contributed by atoms with E-state index >= 15 is 0 Å². The number of alkyl halides is 2. The fourth-order valence-electron chi connectivity index (χ4n) is 2.40. The average Bonchev–Trinajstić information content (AvgIpc) is 3.46. The molecule has 1 fully saturated rings. The molecule has 1 aliphatic rings. The molecule has 1 saturated carbocycles. The van der Waals surface area contributed by atoms with Crippen molar-refractivity contribution in [2.75, 3.05) is 18.1 Å². The van der Waals surface area contributed by atoms with Crippen molar-refractivity contribution in [1.29, 1.82) is 0 Å². The zero-order chi connectivity index (χ0) is 20.8. The van der Waals surface area contributed by atoms with Gasteiger partial charge in [-0.15, -0.1) is 0 Å². The first-order valence-corrected chi connectivity index (χ1v) is 8.57. The minimum atomic E-state index is -3.41. The Kier molecular flexibility index (Phi) is 7.24. The first kappa shape index (κ1) is 21.5. The smallest absolute Gasteiger partial charge is 0.387 e. The molecule has 0 unspecified atom stereocenters. The van der Waals surface area contributed by atoms with E-state index in [0.717, 1.165) is 18.3 Å². The van der Waals surface area contributed by atoms with Gasteiger partial charge in [0.2, 0.25) is 5.82 Å². The molecule has 154 valence electrons. The van der Waals surface area contributed by atoms with Crippen LogP contribution in [0.1, 0.15) is 26.7 Å². The Labute approximate surface area is 158 Å². The fourth-order valence-corrected chi connectivity index (χ4v) is 2.40. The lowest BCUT2D eigenvalue weighted by Gasteiger charge is -2.24. The summed E-state index contributed by atoms with van der Waals surface area (Å²) in [6.07, 6.45) is 2.17. The van der Waals surface area contributed by atoms with E-state index in [1.54, 1.807) is 0 Å². The molecule has 2 rings (SSSR count). The maximum Gasteiger partial charge on any atom is 0.387 e. The quantitative estimate of drug-likeness (QED) is 0.206. The van der Waals surface area contributed by atoms with Crippen molar-refractivity contribution in [2.45, 2.75) is 39.3 Å². The van der Waals surface area contributed by atoms with E-state index in [9.17, 15) is 27.2 Å². The van der Waals surface area contributed by atoms with Crippen molar-refractivity contribution in [3.05, 3.63) is 35.5 Å². The number of ether oxygens (including phenoxy) is 3. The largest absolute Gasteiger partial charge is 0.462 e. The SMILES string of the molecule is CCOC(=O)C(=CN(c1ccc(F)c(F)c1OC(F)F)C1CC1)C(=O)OCC. The molecule has 0 spiro atoms. The number of halogens is 4. The topological polar surface area (TPSA) is 65.1 Å². The summed E-state index contributed by atoms with van der Waals surface area (Å²) in [6, 6.07) is 1.43. The summed E-state index contributed by atoms with van der Waals surface area (Å²) in [5.74, 6) is -6.00. The zero-order valence-corrected chi connectivity index (χ0v) is 15.2. The van der Waals surface area contributed by atoms with Gasteiger partial charge in [-0.05, 0) is 38.8 Å². The predicted molar refractivity (Wildman–Crippen MR) is 89.8 cm³/mol. The van der Waals surface area contributed by atoms with Gasteiger partial charge >= 0.3 is 18.6 Å². The molecule has 0 aliphatic heterocycles. The van der Waals surface area contributed by atoms with Crippen molar-refractivity contribution in [2.24, 2.45) is 0 Å². The second-order valence-corrected chi connectivity index (χ2v) is 5.71. The predicted octanol–water partition coefficient (Wildman–Crippen LogP) is 3.55. The van der Waals surface area contributed by atoms with Crippen LogP contribution in [0.25, 0.3) is 0 Å². The second kappa shape index (κ2) is 9.43. The van der Waals surface area contributed by atoms with Crippen LogP contribution in [0.4, 0.5) is 23.2 Å². The Morgan fingerprint density at radius 3 is 2.18 bits per heavy atom. The number of carbonyl (C=O) groups excluding carboxylic acids is 2. The van der Waals surface area contributed by atoms with Crippen LogP contribution in [-0.2, 0) is 19.1 Å². The van der Waals surface area contributed by atoms with Crippen LogP contribution in [0.15, 0.2) is 23.9 Å². The molecule has 0 bridgehead atoms. The highest BCUT2D eigenvalue weighted by atomic mass is 19.3. The molecule has 6 nitrogen and oxygen atoms in total. The Morgan fingerprint density at radius 2 is 1.71 bits per heavy atom. The van der Waals surface area contributed by atoms with Gasteiger partial charge in [0, 0.05) is 12.2 Å². The maximum atomic E-state index is 14.1. The van der Waals surface area contributed by atoms with E-state index < -0.39 is 41.5 Å². The van der Waals surface area contributed by atoms with Gasteiger partial charge in [-0.1, -0.05) is 0 Å². The summed E-state index contributed by atoms with van der Waals surface area (Å²) in [5.41, 5.74) is -0.767. The molecular weight excluding hydrogens is 386 g/mol. The molecule has 0 saturated heterocycles. The van der Waals surface area contributed by atoms with Crippen LogP contribution in [0.2, 0.25) is 0 Å². The number of hydrogen-bond acceptors (Lipinski definition) is 6. The summed E-state index contributed by atoms with van der Waals surface area (Å²) in [7, 11) is 0. The van der Waals surface area contributed by atoms with Crippen LogP contribution in [0.3, 0.4) is 0 Å². The third kappa shape index (κ3) is 5.14. The third-order valence-electron chi connectivity index (χ3n) is 3.71. The van der Waals surface area contributed by atoms with E-state index in [1.165, 1.54) is 18.7 Å². The number of anilines is 1. The van der Waals surface area contributed by atoms with Crippen LogP contribution < -0.4 is 9.64 Å². The van der Waals surface area contributed by atoms with Gasteiger partial charge in [-0.3, -0.25) is 0 Å². The molecular formula is C18H19F4NO5. The molecule has 0 amide bonds. The number of esters is 2. The van der Waals surface area contributed by atoms with Crippen LogP contribution in [-0.4, -0.2) is 37.8 Å². The summed E-state index contributed by atoms with van der Waals surface area (Å²) >= 11 is 0. The lowest BCUT2D eigenvalue weighted by molar-refractivity contribution is -0.146. The van der Waals surface area contributed by atoms with Gasteiger partial charge < -0.3 is 19.1 Å². The summed E-state index contributed by atoms with van der Waals surface area (Å²) < 4.78 is 66.9. The number of rotatable bonds is 9. The number of hydrogen-bond donors (Lipinski definition) is 0. The first-order valence-electron chi connectivity index (χ1n) is 8.57. The number of benzene rings is 1. The van der Waals surface area contributed by atoms with E-state index in [2.05, 4.69) is 4.74 Å². The van der Waals surface area contributed by atoms with Crippen molar-refractivity contribution < 1.29 is 41.4 Å². The molecule has 0 N–H and O–H groups in total. The summed E-state index contributed by atoms with van der Waals surface area (Å²) in [4.78, 5) is 25.5. The third-order valence-corrected chi connectivity index (χ3v) is 3.71. The van der Waals surface area contributed by atoms with Gasteiger partial charge in [0.05, 0.1) is 18.9 Å². The summed E-state index contributed by atoms with van der Waals surface area (Å²) in [5, 5.41) is 0. The Bertz CT molecular complexity index is 745. The summed E-state index contributed by atoms with van der Waals surface area (Å²) in [6.45, 7) is -0.393. The van der Waals surface area contributed by atoms with Crippen LogP contribution in [0.5, 0.6) is 5.75 Å². The zero-order valence-electron chi connectivity index (χ0n) is 15.2. The highest BCUT2D eigenvalue weighted by Crippen LogP contribution is 2.40. The van der Waals surface area contributed by atoms with Gasteiger partial charge in [0.15, 0.2) is 17.1 Å². The minimum absolute atomic E-state index is 0.0239. The molecule has 1 aromatic rings. The normalized spacial score (nSPS) is 13.1. The molecule has 0 atom stereocenters. The van der Waals surface area contributed by atoms with E-state index in [0.29, 0.717) is 12.8 Å². The van der Waals surface area contributed by atoms with Crippen molar-refractivity contribution in [3.8, 4) is 5.75 Å². The fraction of sp³-hybridized carbons (Fsp3) is 0.444. The van der Waals surface area contributed by atoms with Crippen molar-refractivity contribution in [3.63, 3.8) is 0 Å². The molecule has 28 heavy (non-hydrogen) atoms. The Hall–Kier alpha value is -2.78.